The first-order valence-corrected chi connectivity index (χ1v) is 7.42. The third-order valence-electron chi connectivity index (χ3n) is 4.13. The Bertz CT molecular complexity index is 961. The molecule has 3 aromatic rings. The van der Waals surface area contributed by atoms with E-state index in [-0.39, 0.29) is 18.0 Å². The van der Waals surface area contributed by atoms with Gasteiger partial charge in [-0.05, 0) is 39.0 Å². The summed E-state index contributed by atoms with van der Waals surface area (Å²) in [6.45, 7) is 5.81. The van der Waals surface area contributed by atoms with Crippen LogP contribution in [0.3, 0.4) is 0 Å². The molecule has 7 heteroatoms. The lowest BCUT2D eigenvalue weighted by Crippen LogP contribution is -2.22. The fourth-order valence-electron chi connectivity index (χ4n) is 2.79. The summed E-state index contributed by atoms with van der Waals surface area (Å²) in [6.07, 6.45) is 0.207. The first kappa shape index (κ1) is 15.1. The summed E-state index contributed by atoms with van der Waals surface area (Å²) in [5.74, 6) is 0.505. The smallest absolute Gasteiger partial charge is 0.325 e. The molecule has 0 aliphatic rings. The molecule has 0 fully saturated rings. The van der Waals surface area contributed by atoms with Crippen LogP contribution in [0.5, 0.6) is 0 Å². The number of fused-ring (bicyclic) bond motifs is 1. The molecule has 2 aromatic heterocycles. The summed E-state index contributed by atoms with van der Waals surface area (Å²) >= 11 is 0. The van der Waals surface area contributed by atoms with E-state index in [1.165, 1.54) is 0 Å². The maximum absolute atomic E-state index is 12.6. The molecule has 23 heavy (non-hydrogen) atoms. The second kappa shape index (κ2) is 5.42. The van der Waals surface area contributed by atoms with Gasteiger partial charge in [-0.25, -0.2) is 9.78 Å². The number of nitrogens with two attached hydrogens (primary N) is 1. The normalized spacial score (nSPS) is 11.3. The largest absolute Gasteiger partial charge is 0.399 e. The molecule has 1 aromatic carbocycles. The Morgan fingerprint density at radius 2 is 2.04 bits per heavy atom. The number of carbonyl (C=O) groups is 1. The fraction of sp³-hybridized carbons (Fsp3) is 0.312. The summed E-state index contributed by atoms with van der Waals surface area (Å²) in [6, 6.07) is 5.30. The van der Waals surface area contributed by atoms with Gasteiger partial charge in [0.1, 0.15) is 5.82 Å². The average molecular weight is 313 g/mol. The number of hydrogen-bond acceptors (Lipinski definition) is 4. The molecule has 0 unspecified atom stereocenters. The van der Waals surface area contributed by atoms with Gasteiger partial charge in [0.05, 0.1) is 11.0 Å². The highest BCUT2D eigenvalue weighted by Crippen LogP contribution is 2.19. The van der Waals surface area contributed by atoms with Crippen LogP contribution in [0.2, 0.25) is 0 Å². The first-order valence-electron chi connectivity index (χ1n) is 7.42. The topological polar surface area (TPSA) is 98.7 Å². The van der Waals surface area contributed by atoms with Gasteiger partial charge in [-0.3, -0.25) is 13.9 Å². The number of nitrogen functional groups attached to an aromatic ring is 1. The number of benzene rings is 1. The number of aromatic nitrogens is 4. The maximum Gasteiger partial charge on any atom is 0.325 e. The molecule has 0 radical (unpaired) electrons. The molecule has 0 saturated carbocycles. The highest BCUT2D eigenvalue weighted by atomic mass is 16.2. The molecule has 0 saturated heterocycles. The van der Waals surface area contributed by atoms with Crippen LogP contribution in [0.1, 0.15) is 28.4 Å². The van der Waals surface area contributed by atoms with Crippen molar-refractivity contribution in [1.29, 1.82) is 0 Å². The molecule has 0 amide bonds. The Morgan fingerprint density at radius 3 is 2.70 bits per heavy atom. The van der Waals surface area contributed by atoms with Gasteiger partial charge >= 0.3 is 5.69 Å². The third-order valence-corrected chi connectivity index (χ3v) is 4.13. The number of imidazole rings is 2. The van der Waals surface area contributed by atoms with Crippen LogP contribution in [-0.2, 0) is 6.54 Å². The molecule has 0 bridgehead atoms. The lowest BCUT2D eigenvalue weighted by molar-refractivity contribution is 0.0899. The first-order chi connectivity index (χ1) is 10.9. The van der Waals surface area contributed by atoms with Crippen molar-refractivity contribution < 1.29 is 4.79 Å². The minimum absolute atomic E-state index is 0.110. The van der Waals surface area contributed by atoms with E-state index >= 15 is 0 Å². The average Bonchev–Trinajstić information content (AvgIpc) is 2.93. The number of H-pyrrole nitrogens is 1. The van der Waals surface area contributed by atoms with Crippen LogP contribution in [-0.4, -0.2) is 25.0 Å². The summed E-state index contributed by atoms with van der Waals surface area (Å²) in [5.41, 5.74) is 9.29. The number of carbonyl (C=O) groups excluding carboxylic acids is 1. The number of anilines is 1. The van der Waals surface area contributed by atoms with Gasteiger partial charge in [0.25, 0.3) is 0 Å². The van der Waals surface area contributed by atoms with Crippen LogP contribution in [0.4, 0.5) is 5.69 Å². The zero-order chi connectivity index (χ0) is 16.7. The molecule has 120 valence electrons. The zero-order valence-corrected chi connectivity index (χ0v) is 13.4. The van der Waals surface area contributed by atoms with Crippen molar-refractivity contribution in [3.05, 3.63) is 45.9 Å². The zero-order valence-electron chi connectivity index (χ0n) is 13.4. The Morgan fingerprint density at radius 1 is 1.30 bits per heavy atom. The van der Waals surface area contributed by atoms with Crippen molar-refractivity contribution in [2.24, 2.45) is 0 Å². The molecule has 0 aliphatic heterocycles. The van der Waals surface area contributed by atoms with Crippen molar-refractivity contribution in [2.75, 3.05) is 5.73 Å². The van der Waals surface area contributed by atoms with Crippen molar-refractivity contribution in [3.8, 4) is 0 Å². The summed E-state index contributed by atoms with van der Waals surface area (Å²) in [4.78, 5) is 31.6. The van der Waals surface area contributed by atoms with E-state index in [0.717, 1.165) is 16.9 Å². The lowest BCUT2D eigenvalue weighted by atomic mass is 10.2. The number of nitrogens with one attached hydrogen (secondary N) is 1. The molecular weight excluding hydrogens is 294 g/mol. The lowest BCUT2D eigenvalue weighted by Gasteiger charge is -2.07. The standard InChI is InChI=1S/C16H19N5O2/c1-9-10(2)20(16(23)18-9)7-6-15(22)21-11(3)19-13-5-4-12(17)8-14(13)21/h4-5,8H,6-7,17H2,1-3H3,(H,18,23). The second-order valence-corrected chi connectivity index (χ2v) is 5.68. The van der Waals surface area contributed by atoms with Gasteiger partial charge in [0, 0.05) is 30.0 Å². The molecule has 0 aliphatic carbocycles. The summed E-state index contributed by atoms with van der Waals surface area (Å²) in [5, 5.41) is 0. The van der Waals surface area contributed by atoms with E-state index < -0.39 is 0 Å². The Labute approximate surface area is 132 Å². The van der Waals surface area contributed by atoms with Crippen LogP contribution in [0.25, 0.3) is 11.0 Å². The van der Waals surface area contributed by atoms with Crippen LogP contribution >= 0.6 is 0 Å². The van der Waals surface area contributed by atoms with E-state index in [0.29, 0.717) is 23.6 Å². The van der Waals surface area contributed by atoms with Crippen molar-refractivity contribution in [2.45, 2.75) is 33.7 Å². The number of nitrogens with zero attached hydrogens (tertiary/aromatic N) is 3. The van der Waals surface area contributed by atoms with Crippen LogP contribution in [0.15, 0.2) is 23.0 Å². The summed E-state index contributed by atoms with van der Waals surface area (Å²) < 4.78 is 3.14. The molecule has 0 atom stereocenters. The maximum atomic E-state index is 12.6. The van der Waals surface area contributed by atoms with Gasteiger partial charge in [0.15, 0.2) is 0 Å². The van der Waals surface area contributed by atoms with Gasteiger partial charge < -0.3 is 10.7 Å². The Hall–Kier alpha value is -2.83. The Balaban J connectivity index is 1.91. The van der Waals surface area contributed by atoms with Crippen molar-refractivity contribution >= 4 is 22.6 Å². The molecule has 2 heterocycles. The highest BCUT2D eigenvalue weighted by Gasteiger charge is 2.15. The van der Waals surface area contributed by atoms with Gasteiger partial charge in [0.2, 0.25) is 5.91 Å². The van der Waals surface area contributed by atoms with Crippen LogP contribution in [0, 0.1) is 20.8 Å². The SMILES string of the molecule is Cc1[nH]c(=O)n(CCC(=O)n2c(C)nc3ccc(N)cc32)c1C. The number of aryl methyl sites for hydroxylation is 2. The number of hydrogen-bond donors (Lipinski definition) is 2. The third kappa shape index (κ3) is 2.54. The van der Waals surface area contributed by atoms with Crippen molar-refractivity contribution in [3.63, 3.8) is 0 Å². The minimum Gasteiger partial charge on any atom is -0.399 e. The van der Waals surface area contributed by atoms with E-state index in [1.54, 1.807) is 34.3 Å². The second-order valence-electron chi connectivity index (χ2n) is 5.68. The number of rotatable bonds is 3. The van der Waals surface area contributed by atoms with Crippen LogP contribution < -0.4 is 11.4 Å². The quantitative estimate of drug-likeness (QED) is 0.720. The van der Waals surface area contributed by atoms with E-state index in [9.17, 15) is 9.59 Å². The monoisotopic (exact) mass is 313 g/mol. The fourth-order valence-corrected chi connectivity index (χ4v) is 2.79. The summed E-state index contributed by atoms with van der Waals surface area (Å²) in [7, 11) is 0. The number of aromatic amines is 1. The van der Waals surface area contributed by atoms with E-state index in [4.69, 9.17) is 5.73 Å². The predicted molar refractivity (Wildman–Crippen MR) is 88.7 cm³/mol. The van der Waals surface area contributed by atoms with Gasteiger partial charge in [-0.15, -0.1) is 0 Å². The molecule has 3 N–H and O–H groups in total. The van der Waals surface area contributed by atoms with Crippen molar-refractivity contribution in [1.82, 2.24) is 19.1 Å². The van der Waals surface area contributed by atoms with E-state index in [1.807, 2.05) is 13.8 Å². The highest BCUT2D eigenvalue weighted by molar-refractivity contribution is 5.92. The molecular formula is C16H19N5O2. The molecule has 7 nitrogen and oxygen atoms in total. The van der Waals surface area contributed by atoms with Gasteiger partial charge in [-0.1, -0.05) is 0 Å². The molecule has 0 spiro atoms. The molecule has 3 rings (SSSR count). The minimum atomic E-state index is -0.191. The Kier molecular flexibility index (Phi) is 3.55. The van der Waals surface area contributed by atoms with E-state index in [2.05, 4.69) is 9.97 Å². The predicted octanol–water partition coefficient (Wildman–Crippen LogP) is 1.76. The van der Waals surface area contributed by atoms with Gasteiger partial charge in [-0.2, -0.15) is 0 Å².